The van der Waals surface area contributed by atoms with Crippen molar-refractivity contribution in [2.24, 2.45) is 0 Å². The molecule has 4 heteroatoms. The minimum absolute atomic E-state index is 0.394. The van der Waals surface area contributed by atoms with Crippen LogP contribution in [0.5, 0.6) is 0 Å². The molecule has 0 aliphatic heterocycles. The van der Waals surface area contributed by atoms with Crippen molar-refractivity contribution in [3.8, 4) is 12.3 Å². The van der Waals surface area contributed by atoms with Gasteiger partial charge in [-0.25, -0.2) is 4.79 Å². The summed E-state index contributed by atoms with van der Waals surface area (Å²) in [7, 11) is 0. The van der Waals surface area contributed by atoms with Crippen LogP contribution in [0.25, 0.3) is 0 Å². The Labute approximate surface area is 78.4 Å². The summed E-state index contributed by atoms with van der Waals surface area (Å²) in [4.78, 5) is 11.1. The van der Waals surface area contributed by atoms with Crippen molar-refractivity contribution in [1.29, 1.82) is 0 Å². The molecule has 0 aromatic carbocycles. The average Bonchev–Trinajstić information content (AvgIpc) is 1.98. The second kappa shape index (κ2) is 4.15. The van der Waals surface area contributed by atoms with E-state index in [1.54, 1.807) is 20.8 Å². The minimum atomic E-state index is -0.835. The lowest BCUT2D eigenvalue weighted by Gasteiger charge is -2.24. The highest BCUT2D eigenvalue weighted by Gasteiger charge is 2.23. The molecule has 0 saturated carbocycles. The van der Waals surface area contributed by atoms with Gasteiger partial charge in [-0.05, 0) is 27.7 Å². The lowest BCUT2D eigenvalue weighted by Crippen LogP contribution is -2.39. The maximum Gasteiger partial charge on any atom is 0.435 e. The van der Waals surface area contributed by atoms with Crippen LogP contribution in [0.15, 0.2) is 0 Å². The van der Waals surface area contributed by atoms with Crippen molar-refractivity contribution in [3.63, 3.8) is 0 Å². The highest BCUT2D eigenvalue weighted by atomic mass is 16.6. The first kappa shape index (κ1) is 11.8. The van der Waals surface area contributed by atoms with Gasteiger partial charge in [0.15, 0.2) is 0 Å². The molecular weight excluding hydrogens is 170 g/mol. The van der Waals surface area contributed by atoms with Gasteiger partial charge >= 0.3 is 6.09 Å². The van der Waals surface area contributed by atoms with Crippen LogP contribution in [-0.2, 0) is 4.74 Å². The van der Waals surface area contributed by atoms with Gasteiger partial charge in [-0.1, -0.05) is 5.92 Å². The Kier molecular flexibility index (Phi) is 3.76. The fourth-order valence-corrected chi connectivity index (χ4v) is 0.537. The van der Waals surface area contributed by atoms with Gasteiger partial charge in [-0.3, -0.25) is 5.21 Å². The number of hydroxylamine groups is 2. The number of rotatable bonds is 1. The number of terminal acetylenes is 1. The number of hydrogen-bond acceptors (Lipinski definition) is 3. The zero-order valence-electron chi connectivity index (χ0n) is 8.37. The van der Waals surface area contributed by atoms with E-state index in [1.807, 2.05) is 0 Å². The largest absolute Gasteiger partial charge is 0.442 e. The van der Waals surface area contributed by atoms with E-state index in [4.69, 9.17) is 16.4 Å². The van der Waals surface area contributed by atoms with Crippen molar-refractivity contribution < 1.29 is 14.7 Å². The molecule has 0 unspecified atom stereocenters. The predicted molar refractivity (Wildman–Crippen MR) is 48.2 cm³/mol. The fourth-order valence-electron chi connectivity index (χ4n) is 0.537. The topological polar surface area (TPSA) is 49.8 Å². The van der Waals surface area contributed by atoms with Crippen molar-refractivity contribution in [2.45, 2.75) is 39.3 Å². The first-order valence-corrected chi connectivity index (χ1v) is 3.95. The van der Waals surface area contributed by atoms with E-state index >= 15 is 0 Å². The molecule has 0 spiro atoms. The molecule has 0 radical (unpaired) electrons. The van der Waals surface area contributed by atoms with Crippen molar-refractivity contribution in [2.75, 3.05) is 0 Å². The van der Waals surface area contributed by atoms with Gasteiger partial charge in [-0.2, -0.15) is 5.06 Å². The van der Waals surface area contributed by atoms with Crippen LogP contribution in [0, 0.1) is 12.3 Å². The number of amides is 1. The van der Waals surface area contributed by atoms with Gasteiger partial charge in [0.25, 0.3) is 0 Å². The molecule has 1 N–H and O–H groups in total. The molecule has 4 nitrogen and oxygen atoms in total. The number of ether oxygens (including phenoxy) is 1. The normalized spacial score (nSPS) is 12.9. The minimum Gasteiger partial charge on any atom is -0.442 e. The molecule has 0 aliphatic carbocycles. The molecule has 1 amide bonds. The zero-order valence-corrected chi connectivity index (χ0v) is 8.37. The summed E-state index contributed by atoms with van der Waals surface area (Å²) in [6, 6.07) is -0.685. The molecule has 0 rings (SSSR count). The summed E-state index contributed by atoms with van der Waals surface area (Å²) in [6.07, 6.45) is 4.18. The lowest BCUT2D eigenvalue weighted by molar-refractivity contribution is -0.104. The average molecular weight is 185 g/mol. The van der Waals surface area contributed by atoms with Gasteiger partial charge in [0.1, 0.15) is 11.6 Å². The number of carbonyl (C=O) groups excluding carboxylic acids is 1. The second-order valence-corrected chi connectivity index (χ2v) is 3.67. The van der Waals surface area contributed by atoms with Crippen LogP contribution in [-0.4, -0.2) is 28.0 Å². The van der Waals surface area contributed by atoms with E-state index in [0.717, 1.165) is 0 Å². The smallest absolute Gasteiger partial charge is 0.435 e. The van der Waals surface area contributed by atoms with Gasteiger partial charge in [0.2, 0.25) is 0 Å². The SMILES string of the molecule is C#C[C@H](C)N(O)C(=O)OC(C)(C)C. The van der Waals surface area contributed by atoms with Crippen LogP contribution < -0.4 is 0 Å². The van der Waals surface area contributed by atoms with E-state index in [-0.39, 0.29) is 0 Å². The fraction of sp³-hybridized carbons (Fsp3) is 0.667. The zero-order chi connectivity index (χ0) is 10.6. The molecule has 74 valence electrons. The van der Waals surface area contributed by atoms with E-state index in [1.165, 1.54) is 6.92 Å². The second-order valence-electron chi connectivity index (χ2n) is 3.67. The van der Waals surface area contributed by atoms with E-state index in [0.29, 0.717) is 5.06 Å². The lowest BCUT2D eigenvalue weighted by atomic mass is 10.2. The number of carbonyl (C=O) groups is 1. The Bertz CT molecular complexity index is 224. The molecule has 0 heterocycles. The Morgan fingerprint density at radius 3 is 2.38 bits per heavy atom. The molecule has 1 atom stereocenters. The first-order chi connectivity index (χ1) is 5.78. The summed E-state index contributed by atoms with van der Waals surface area (Å²) in [5.41, 5.74) is -0.633. The molecular formula is C9H15NO3. The molecule has 0 fully saturated rings. The predicted octanol–water partition coefficient (Wildman–Crippen LogP) is 1.63. The third-order valence-corrected chi connectivity index (χ3v) is 1.19. The van der Waals surface area contributed by atoms with E-state index in [2.05, 4.69) is 5.92 Å². The summed E-state index contributed by atoms with van der Waals surface area (Å²) in [5, 5.41) is 9.56. The molecule has 0 aromatic heterocycles. The summed E-state index contributed by atoms with van der Waals surface area (Å²) >= 11 is 0. The van der Waals surface area contributed by atoms with Crippen molar-refractivity contribution in [1.82, 2.24) is 5.06 Å². The van der Waals surface area contributed by atoms with Crippen LogP contribution in [0.4, 0.5) is 4.79 Å². The van der Waals surface area contributed by atoms with Gasteiger partial charge in [-0.15, -0.1) is 6.42 Å². The molecule has 0 bridgehead atoms. The molecule has 0 aromatic rings. The molecule has 0 saturated heterocycles. The van der Waals surface area contributed by atoms with Crippen LogP contribution in [0.3, 0.4) is 0 Å². The van der Waals surface area contributed by atoms with Crippen molar-refractivity contribution in [3.05, 3.63) is 0 Å². The summed E-state index contributed by atoms with van der Waals surface area (Å²) < 4.78 is 4.86. The highest BCUT2D eigenvalue weighted by molar-refractivity contribution is 5.67. The molecule has 13 heavy (non-hydrogen) atoms. The quantitative estimate of drug-likeness (QED) is 0.384. The molecule has 0 aliphatic rings. The maximum atomic E-state index is 11.1. The standard InChI is InChI=1S/C9H15NO3/c1-6-7(2)10(12)8(11)13-9(3,4)5/h1,7,12H,2-5H3/t7-/m0/s1. The van der Waals surface area contributed by atoms with Crippen molar-refractivity contribution >= 4 is 6.09 Å². The van der Waals surface area contributed by atoms with Gasteiger partial charge in [0, 0.05) is 0 Å². The van der Waals surface area contributed by atoms with Gasteiger partial charge in [0.05, 0.1) is 0 Å². The third-order valence-electron chi connectivity index (χ3n) is 1.19. The van der Waals surface area contributed by atoms with Crippen LogP contribution in [0.2, 0.25) is 0 Å². The summed E-state index contributed by atoms with van der Waals surface area (Å²) in [5.74, 6) is 2.21. The number of nitrogens with zero attached hydrogens (tertiary/aromatic N) is 1. The van der Waals surface area contributed by atoms with Crippen LogP contribution in [0.1, 0.15) is 27.7 Å². The Morgan fingerprint density at radius 2 is 2.08 bits per heavy atom. The summed E-state index contributed by atoms with van der Waals surface area (Å²) in [6.45, 7) is 6.64. The monoisotopic (exact) mass is 185 g/mol. The number of hydrogen-bond donors (Lipinski definition) is 1. The van der Waals surface area contributed by atoms with E-state index < -0.39 is 17.7 Å². The van der Waals surface area contributed by atoms with E-state index in [9.17, 15) is 4.79 Å². The Balaban J connectivity index is 4.22. The first-order valence-electron chi connectivity index (χ1n) is 3.95. The van der Waals surface area contributed by atoms with Gasteiger partial charge < -0.3 is 4.74 Å². The maximum absolute atomic E-state index is 11.1. The third kappa shape index (κ3) is 4.38. The Morgan fingerprint density at radius 1 is 1.62 bits per heavy atom. The Hall–Kier alpha value is -1.21. The van der Waals surface area contributed by atoms with Crippen LogP contribution >= 0.6 is 0 Å². The highest BCUT2D eigenvalue weighted by Crippen LogP contribution is 2.09.